The van der Waals surface area contributed by atoms with Crippen LogP contribution in [0.2, 0.25) is 0 Å². The molecule has 0 rings (SSSR count). The predicted molar refractivity (Wildman–Crippen MR) is 73.7 cm³/mol. The minimum Gasteiger partial charge on any atom is -0.365 e. The Labute approximate surface area is 107 Å². The first kappa shape index (κ1) is 16.9. The Kier molecular flexibility index (Phi) is 6.71. The molecule has 0 aliphatic carbocycles. The van der Waals surface area contributed by atoms with Crippen LogP contribution in [0, 0.1) is 17.3 Å². The standard InChI is InChI=1S/C15H32O2/c1-7-12(3)9-10-14(5,6)15(16,17)11-13(4)8-2/h12-13,16-17H,7-11H2,1-6H3. The largest absolute Gasteiger partial charge is 0.365 e. The van der Waals surface area contributed by atoms with Crippen molar-refractivity contribution in [2.24, 2.45) is 17.3 Å². The van der Waals surface area contributed by atoms with Gasteiger partial charge in [0.15, 0.2) is 5.79 Å². The Morgan fingerprint density at radius 1 is 0.941 bits per heavy atom. The van der Waals surface area contributed by atoms with Crippen molar-refractivity contribution in [1.82, 2.24) is 0 Å². The van der Waals surface area contributed by atoms with Gasteiger partial charge in [-0.25, -0.2) is 0 Å². The van der Waals surface area contributed by atoms with E-state index in [9.17, 15) is 10.2 Å². The molecule has 0 spiro atoms. The van der Waals surface area contributed by atoms with Crippen molar-refractivity contribution >= 4 is 0 Å². The first-order chi connectivity index (χ1) is 7.66. The monoisotopic (exact) mass is 244 g/mol. The van der Waals surface area contributed by atoms with Crippen LogP contribution in [-0.4, -0.2) is 16.0 Å². The average molecular weight is 244 g/mol. The predicted octanol–water partition coefficient (Wildman–Crippen LogP) is 3.96. The molecule has 2 heteroatoms. The molecule has 17 heavy (non-hydrogen) atoms. The van der Waals surface area contributed by atoms with Crippen LogP contribution in [-0.2, 0) is 0 Å². The van der Waals surface area contributed by atoms with Crippen LogP contribution >= 0.6 is 0 Å². The van der Waals surface area contributed by atoms with Crippen LogP contribution in [0.25, 0.3) is 0 Å². The molecular formula is C15H32O2. The minimum atomic E-state index is -1.55. The lowest BCUT2D eigenvalue weighted by atomic mass is 9.74. The number of rotatable bonds is 8. The van der Waals surface area contributed by atoms with Crippen LogP contribution < -0.4 is 0 Å². The van der Waals surface area contributed by atoms with Crippen molar-refractivity contribution in [3.63, 3.8) is 0 Å². The molecule has 0 heterocycles. The van der Waals surface area contributed by atoms with Crippen molar-refractivity contribution < 1.29 is 10.2 Å². The molecule has 2 unspecified atom stereocenters. The van der Waals surface area contributed by atoms with Gasteiger partial charge >= 0.3 is 0 Å². The maximum Gasteiger partial charge on any atom is 0.167 e. The summed E-state index contributed by atoms with van der Waals surface area (Å²) < 4.78 is 0. The summed E-state index contributed by atoms with van der Waals surface area (Å²) in [5.41, 5.74) is -0.431. The maximum absolute atomic E-state index is 10.3. The molecule has 0 saturated carbocycles. The molecule has 0 radical (unpaired) electrons. The van der Waals surface area contributed by atoms with Gasteiger partial charge in [-0.3, -0.25) is 0 Å². The Morgan fingerprint density at radius 3 is 1.82 bits per heavy atom. The highest BCUT2D eigenvalue weighted by molar-refractivity contribution is 4.85. The van der Waals surface area contributed by atoms with Crippen molar-refractivity contribution in [1.29, 1.82) is 0 Å². The fourth-order valence-electron chi connectivity index (χ4n) is 1.92. The van der Waals surface area contributed by atoms with Crippen LogP contribution in [0.5, 0.6) is 0 Å². The molecule has 0 bridgehead atoms. The quantitative estimate of drug-likeness (QED) is 0.635. The molecule has 0 aromatic rings. The topological polar surface area (TPSA) is 40.5 Å². The number of hydrogen-bond donors (Lipinski definition) is 2. The first-order valence-electron chi connectivity index (χ1n) is 7.11. The highest BCUT2D eigenvalue weighted by atomic mass is 16.5. The summed E-state index contributed by atoms with van der Waals surface area (Å²) in [6.45, 7) is 12.5. The van der Waals surface area contributed by atoms with Crippen molar-refractivity contribution in [2.75, 3.05) is 0 Å². The lowest BCUT2D eigenvalue weighted by molar-refractivity contribution is -0.245. The zero-order valence-corrected chi connectivity index (χ0v) is 12.6. The van der Waals surface area contributed by atoms with E-state index in [0.717, 1.165) is 25.7 Å². The van der Waals surface area contributed by atoms with Gasteiger partial charge in [-0.1, -0.05) is 60.8 Å². The van der Waals surface area contributed by atoms with E-state index in [1.807, 2.05) is 13.8 Å². The smallest absolute Gasteiger partial charge is 0.167 e. The molecular weight excluding hydrogens is 212 g/mol. The molecule has 0 aliphatic heterocycles. The summed E-state index contributed by atoms with van der Waals surface area (Å²) in [6.07, 6.45) is 4.55. The van der Waals surface area contributed by atoms with Gasteiger partial charge in [0.05, 0.1) is 0 Å². The maximum atomic E-state index is 10.3. The molecule has 2 nitrogen and oxygen atoms in total. The Morgan fingerprint density at radius 2 is 1.41 bits per heavy atom. The zero-order chi connectivity index (χ0) is 13.7. The van der Waals surface area contributed by atoms with Gasteiger partial charge in [-0.05, 0) is 18.3 Å². The summed E-state index contributed by atoms with van der Waals surface area (Å²) >= 11 is 0. The van der Waals surface area contributed by atoms with Gasteiger partial charge in [0.25, 0.3) is 0 Å². The Hall–Kier alpha value is -0.0800. The van der Waals surface area contributed by atoms with Crippen LogP contribution in [0.15, 0.2) is 0 Å². The third kappa shape index (κ3) is 5.39. The second-order valence-corrected chi connectivity index (χ2v) is 6.47. The van der Waals surface area contributed by atoms with E-state index in [2.05, 4.69) is 27.7 Å². The van der Waals surface area contributed by atoms with Gasteiger partial charge in [-0.2, -0.15) is 0 Å². The average Bonchev–Trinajstić information content (AvgIpc) is 2.24. The lowest BCUT2D eigenvalue weighted by Crippen LogP contribution is -2.46. The van der Waals surface area contributed by atoms with E-state index in [0.29, 0.717) is 18.3 Å². The van der Waals surface area contributed by atoms with Crippen LogP contribution in [0.1, 0.15) is 73.6 Å². The third-order valence-electron chi connectivity index (χ3n) is 4.37. The van der Waals surface area contributed by atoms with Gasteiger partial charge in [0.2, 0.25) is 0 Å². The van der Waals surface area contributed by atoms with E-state index in [1.54, 1.807) is 0 Å². The van der Waals surface area contributed by atoms with E-state index < -0.39 is 11.2 Å². The summed E-state index contributed by atoms with van der Waals surface area (Å²) in [5.74, 6) is -0.530. The molecule has 104 valence electrons. The Bertz CT molecular complexity index is 209. The zero-order valence-electron chi connectivity index (χ0n) is 12.6. The summed E-state index contributed by atoms with van der Waals surface area (Å²) in [7, 11) is 0. The molecule has 2 atom stereocenters. The summed E-state index contributed by atoms with van der Waals surface area (Å²) in [5, 5.41) is 20.6. The highest BCUT2D eigenvalue weighted by Crippen LogP contribution is 2.39. The fourth-order valence-corrected chi connectivity index (χ4v) is 1.92. The third-order valence-corrected chi connectivity index (χ3v) is 4.37. The summed E-state index contributed by atoms with van der Waals surface area (Å²) in [4.78, 5) is 0. The fraction of sp³-hybridized carbons (Fsp3) is 1.00. The highest BCUT2D eigenvalue weighted by Gasteiger charge is 2.41. The number of aliphatic hydroxyl groups is 2. The molecule has 0 aliphatic rings. The Balaban J connectivity index is 4.44. The molecule has 0 aromatic heterocycles. The molecule has 0 saturated heterocycles. The van der Waals surface area contributed by atoms with Crippen molar-refractivity contribution in [3.05, 3.63) is 0 Å². The van der Waals surface area contributed by atoms with Gasteiger partial charge in [0.1, 0.15) is 0 Å². The van der Waals surface area contributed by atoms with Crippen LogP contribution in [0.4, 0.5) is 0 Å². The SMILES string of the molecule is CCC(C)CCC(C)(C)C(O)(O)CC(C)CC. The van der Waals surface area contributed by atoms with Crippen LogP contribution in [0.3, 0.4) is 0 Å². The number of hydrogen-bond acceptors (Lipinski definition) is 2. The molecule has 0 aromatic carbocycles. The normalized spacial score (nSPS) is 16.9. The molecule has 2 N–H and O–H groups in total. The summed E-state index contributed by atoms with van der Waals surface area (Å²) in [6, 6.07) is 0. The van der Waals surface area contributed by atoms with Crippen molar-refractivity contribution in [3.8, 4) is 0 Å². The van der Waals surface area contributed by atoms with E-state index in [4.69, 9.17) is 0 Å². The molecule has 0 fully saturated rings. The molecule has 0 amide bonds. The van der Waals surface area contributed by atoms with Gasteiger partial charge < -0.3 is 10.2 Å². The van der Waals surface area contributed by atoms with E-state index in [1.165, 1.54) is 0 Å². The second-order valence-electron chi connectivity index (χ2n) is 6.47. The minimum absolute atomic E-state index is 0.355. The second kappa shape index (κ2) is 6.75. The lowest BCUT2D eigenvalue weighted by Gasteiger charge is -2.40. The van der Waals surface area contributed by atoms with Gasteiger partial charge in [0, 0.05) is 11.8 Å². The van der Waals surface area contributed by atoms with Crippen molar-refractivity contribution in [2.45, 2.75) is 79.4 Å². The first-order valence-corrected chi connectivity index (χ1v) is 7.11. The van der Waals surface area contributed by atoms with Gasteiger partial charge in [-0.15, -0.1) is 0 Å². The van der Waals surface area contributed by atoms with E-state index in [-0.39, 0.29) is 0 Å². The van der Waals surface area contributed by atoms with E-state index >= 15 is 0 Å².